The van der Waals surface area contributed by atoms with Gasteiger partial charge in [-0.15, -0.1) is 0 Å². The van der Waals surface area contributed by atoms with Gasteiger partial charge >= 0.3 is 0 Å². The Hall–Kier alpha value is -9.18. The van der Waals surface area contributed by atoms with E-state index in [1.807, 2.05) is 0 Å². The van der Waals surface area contributed by atoms with Crippen molar-refractivity contribution < 1.29 is 0 Å². The van der Waals surface area contributed by atoms with Crippen LogP contribution >= 0.6 is 0 Å². The highest BCUT2D eigenvalue weighted by Crippen LogP contribution is 2.45. The van der Waals surface area contributed by atoms with Gasteiger partial charge in [0.2, 0.25) is 0 Å². The zero-order valence-corrected chi connectivity index (χ0v) is 38.0. The smallest absolute Gasteiger partial charge is 0.0619 e. The van der Waals surface area contributed by atoms with Gasteiger partial charge in [0, 0.05) is 50.8 Å². The molecule has 0 amide bonds. The first kappa shape index (κ1) is 41.3. The standard InChI is InChI=1S/C66H47N3/c1-6-18-48(19-7-1)50-30-36-58(37-31-50)68(61-43-41-60(42-44-61)67(56-26-12-4-13-27-56)57-28-14-5-15-29-57)59-38-32-51(33-39-59)55-35-45-64-63(47-55)65(52-21-8-2-9-22-52)66(53-23-10-3-11-24-53)69(64)62-40-34-49-20-16-17-25-54(49)46-62/h1-47H. The summed E-state index contributed by atoms with van der Waals surface area (Å²) in [5, 5.41) is 3.65. The first-order valence-corrected chi connectivity index (χ1v) is 23.6. The summed E-state index contributed by atoms with van der Waals surface area (Å²) in [6.07, 6.45) is 0. The number of hydrogen-bond donors (Lipinski definition) is 0. The van der Waals surface area contributed by atoms with Crippen molar-refractivity contribution in [1.82, 2.24) is 4.57 Å². The molecule has 3 heteroatoms. The summed E-state index contributed by atoms with van der Waals surface area (Å²) in [5.74, 6) is 0. The number of anilines is 6. The third-order valence-corrected chi connectivity index (χ3v) is 13.2. The number of para-hydroxylation sites is 2. The topological polar surface area (TPSA) is 11.4 Å². The van der Waals surface area contributed by atoms with E-state index in [0.29, 0.717) is 0 Å². The number of fused-ring (bicyclic) bond motifs is 2. The summed E-state index contributed by atoms with van der Waals surface area (Å²) >= 11 is 0. The summed E-state index contributed by atoms with van der Waals surface area (Å²) in [6.45, 7) is 0. The van der Waals surface area contributed by atoms with E-state index < -0.39 is 0 Å². The third-order valence-electron chi connectivity index (χ3n) is 13.2. The molecule has 0 atom stereocenters. The average molecular weight is 882 g/mol. The molecular weight excluding hydrogens is 835 g/mol. The molecule has 12 aromatic rings. The van der Waals surface area contributed by atoms with Crippen molar-refractivity contribution in [3.05, 3.63) is 285 Å². The molecule has 0 aliphatic rings. The molecule has 0 aliphatic carbocycles. The van der Waals surface area contributed by atoms with Gasteiger partial charge in [0.25, 0.3) is 0 Å². The van der Waals surface area contributed by atoms with Crippen molar-refractivity contribution in [3.8, 4) is 50.3 Å². The van der Waals surface area contributed by atoms with Crippen LogP contribution in [0.3, 0.4) is 0 Å². The summed E-state index contributed by atoms with van der Waals surface area (Å²) in [4.78, 5) is 4.65. The lowest BCUT2D eigenvalue weighted by Gasteiger charge is -2.28. The fourth-order valence-electron chi connectivity index (χ4n) is 9.86. The van der Waals surface area contributed by atoms with Gasteiger partial charge in [0.15, 0.2) is 0 Å². The molecule has 1 aromatic heterocycles. The molecule has 0 radical (unpaired) electrons. The lowest BCUT2D eigenvalue weighted by Crippen LogP contribution is -2.12. The Morgan fingerprint density at radius 1 is 0.246 bits per heavy atom. The Morgan fingerprint density at radius 3 is 1.14 bits per heavy atom. The fourth-order valence-corrected chi connectivity index (χ4v) is 9.86. The molecule has 3 nitrogen and oxygen atoms in total. The summed E-state index contributed by atoms with van der Waals surface area (Å²) in [5.41, 5.74) is 18.2. The maximum Gasteiger partial charge on any atom is 0.0619 e. The molecule has 12 rings (SSSR count). The highest BCUT2D eigenvalue weighted by atomic mass is 15.2. The second-order valence-corrected chi connectivity index (χ2v) is 17.4. The predicted molar refractivity (Wildman–Crippen MR) is 292 cm³/mol. The van der Waals surface area contributed by atoms with Gasteiger partial charge in [0.05, 0.1) is 11.2 Å². The van der Waals surface area contributed by atoms with Crippen LogP contribution in [0, 0.1) is 0 Å². The van der Waals surface area contributed by atoms with Gasteiger partial charge in [-0.2, -0.15) is 0 Å². The number of nitrogens with zero attached hydrogens (tertiary/aromatic N) is 3. The monoisotopic (exact) mass is 881 g/mol. The fraction of sp³-hybridized carbons (Fsp3) is 0. The van der Waals surface area contributed by atoms with E-state index in [1.54, 1.807) is 0 Å². The Bertz CT molecular complexity index is 3620. The van der Waals surface area contributed by atoms with Crippen LogP contribution in [0.25, 0.3) is 72.0 Å². The average Bonchev–Trinajstić information content (AvgIpc) is 3.78. The number of benzene rings is 11. The van der Waals surface area contributed by atoms with Crippen LogP contribution in [-0.2, 0) is 0 Å². The SMILES string of the molecule is c1ccc(-c2ccc(N(c3ccc(-c4ccc5c(c4)c(-c4ccccc4)c(-c4ccccc4)n5-c4ccc5ccccc5c4)cc3)c3ccc(N(c4ccccc4)c4ccccc4)cc3)cc2)cc1. The molecule has 0 saturated carbocycles. The Labute approximate surface area is 403 Å². The zero-order valence-electron chi connectivity index (χ0n) is 38.0. The van der Waals surface area contributed by atoms with Crippen LogP contribution in [0.5, 0.6) is 0 Å². The van der Waals surface area contributed by atoms with Crippen molar-refractivity contribution in [1.29, 1.82) is 0 Å². The highest BCUT2D eigenvalue weighted by Gasteiger charge is 2.23. The van der Waals surface area contributed by atoms with Crippen LogP contribution in [0.1, 0.15) is 0 Å². The molecule has 0 saturated heterocycles. The minimum Gasteiger partial charge on any atom is -0.311 e. The molecule has 0 unspecified atom stereocenters. The first-order valence-electron chi connectivity index (χ1n) is 23.6. The second kappa shape index (κ2) is 18.2. The van der Waals surface area contributed by atoms with Crippen molar-refractivity contribution in [2.75, 3.05) is 9.80 Å². The maximum absolute atomic E-state index is 2.46. The Balaban J connectivity index is 0.970. The molecule has 0 fully saturated rings. The van der Waals surface area contributed by atoms with Gasteiger partial charge < -0.3 is 14.4 Å². The van der Waals surface area contributed by atoms with E-state index >= 15 is 0 Å². The minimum absolute atomic E-state index is 1.07. The maximum atomic E-state index is 2.46. The van der Waals surface area contributed by atoms with E-state index in [1.165, 1.54) is 49.7 Å². The van der Waals surface area contributed by atoms with Crippen molar-refractivity contribution in [2.45, 2.75) is 0 Å². The van der Waals surface area contributed by atoms with E-state index in [-0.39, 0.29) is 0 Å². The molecule has 0 N–H and O–H groups in total. The summed E-state index contributed by atoms with van der Waals surface area (Å²) < 4.78 is 2.46. The Morgan fingerprint density at radius 2 is 0.623 bits per heavy atom. The number of aromatic nitrogens is 1. The molecule has 326 valence electrons. The number of rotatable bonds is 11. The highest BCUT2D eigenvalue weighted by molar-refractivity contribution is 6.07. The lowest BCUT2D eigenvalue weighted by molar-refractivity contribution is 1.14. The van der Waals surface area contributed by atoms with Gasteiger partial charge in [-0.05, 0) is 141 Å². The molecule has 0 aliphatic heterocycles. The van der Waals surface area contributed by atoms with E-state index in [4.69, 9.17) is 0 Å². The lowest BCUT2D eigenvalue weighted by atomic mass is 9.96. The molecule has 1 heterocycles. The largest absolute Gasteiger partial charge is 0.311 e. The minimum atomic E-state index is 1.07. The van der Waals surface area contributed by atoms with E-state index in [9.17, 15) is 0 Å². The molecule has 69 heavy (non-hydrogen) atoms. The predicted octanol–water partition coefficient (Wildman–Crippen LogP) is 18.4. The third kappa shape index (κ3) is 8.03. The quantitative estimate of drug-likeness (QED) is 0.128. The van der Waals surface area contributed by atoms with Gasteiger partial charge in [-0.1, -0.05) is 188 Å². The van der Waals surface area contributed by atoms with Gasteiger partial charge in [0.1, 0.15) is 0 Å². The first-order chi connectivity index (χ1) is 34.2. The van der Waals surface area contributed by atoms with Crippen LogP contribution in [0.4, 0.5) is 34.1 Å². The van der Waals surface area contributed by atoms with Crippen molar-refractivity contribution in [3.63, 3.8) is 0 Å². The van der Waals surface area contributed by atoms with Gasteiger partial charge in [-0.3, -0.25) is 0 Å². The molecule has 0 spiro atoms. The van der Waals surface area contributed by atoms with Crippen LogP contribution in [0.15, 0.2) is 285 Å². The zero-order chi connectivity index (χ0) is 45.9. The second-order valence-electron chi connectivity index (χ2n) is 17.4. The van der Waals surface area contributed by atoms with E-state index in [2.05, 4.69) is 299 Å². The van der Waals surface area contributed by atoms with Gasteiger partial charge in [-0.25, -0.2) is 0 Å². The summed E-state index contributed by atoms with van der Waals surface area (Å²) in [6, 6.07) is 103. The van der Waals surface area contributed by atoms with Crippen molar-refractivity contribution in [2.24, 2.45) is 0 Å². The van der Waals surface area contributed by atoms with Crippen LogP contribution in [0.2, 0.25) is 0 Å². The van der Waals surface area contributed by atoms with Crippen molar-refractivity contribution >= 4 is 55.8 Å². The molecule has 0 bridgehead atoms. The van der Waals surface area contributed by atoms with Crippen LogP contribution < -0.4 is 9.80 Å². The number of hydrogen-bond acceptors (Lipinski definition) is 2. The normalized spacial score (nSPS) is 11.2. The molecule has 11 aromatic carbocycles. The van der Waals surface area contributed by atoms with E-state index in [0.717, 1.165) is 56.5 Å². The Kier molecular flexibility index (Phi) is 10.9. The molecular formula is C66H47N3. The van der Waals surface area contributed by atoms with Crippen LogP contribution in [-0.4, -0.2) is 4.57 Å². The summed E-state index contributed by atoms with van der Waals surface area (Å²) in [7, 11) is 0.